The van der Waals surface area contributed by atoms with Crippen molar-refractivity contribution < 1.29 is 4.79 Å². The third kappa shape index (κ3) is 4.79. The highest BCUT2D eigenvalue weighted by molar-refractivity contribution is 9.11. The number of aryl methyl sites for hydroxylation is 1. The van der Waals surface area contributed by atoms with Crippen LogP contribution in [0.15, 0.2) is 43.1 Å². The van der Waals surface area contributed by atoms with Crippen LogP contribution in [0, 0.1) is 6.92 Å². The Labute approximate surface area is 193 Å². The molecular formula is C20H17Br2ClN4O3. The Hall–Kier alpha value is -2.10. The van der Waals surface area contributed by atoms with Crippen LogP contribution in [0.5, 0.6) is 0 Å². The Morgan fingerprint density at radius 2 is 1.77 bits per heavy atom. The van der Waals surface area contributed by atoms with Crippen molar-refractivity contribution in [1.29, 1.82) is 0 Å². The zero-order valence-corrected chi connectivity index (χ0v) is 20.2. The molecule has 7 nitrogen and oxygen atoms in total. The second-order valence-corrected chi connectivity index (χ2v) is 9.09. The summed E-state index contributed by atoms with van der Waals surface area (Å²) in [5, 5.41) is 0.345. The molecule has 3 rings (SSSR count). The third-order valence-electron chi connectivity index (χ3n) is 4.34. The van der Waals surface area contributed by atoms with Crippen LogP contribution in [0.1, 0.15) is 52.8 Å². The molecule has 10 heteroatoms. The minimum absolute atomic E-state index is 0.00280. The van der Waals surface area contributed by atoms with Crippen molar-refractivity contribution in [2.24, 2.45) is 0 Å². The predicted molar refractivity (Wildman–Crippen MR) is 122 cm³/mol. The summed E-state index contributed by atoms with van der Waals surface area (Å²) in [6.07, 6.45) is 0. The second kappa shape index (κ2) is 8.95. The molecule has 1 N–H and O–H groups in total. The number of aromatic nitrogens is 4. The van der Waals surface area contributed by atoms with E-state index in [0.29, 0.717) is 25.5 Å². The van der Waals surface area contributed by atoms with Crippen LogP contribution in [0.3, 0.4) is 0 Å². The van der Waals surface area contributed by atoms with Crippen molar-refractivity contribution in [1.82, 2.24) is 19.5 Å². The maximum absolute atomic E-state index is 13.5. The van der Waals surface area contributed by atoms with Gasteiger partial charge in [0.1, 0.15) is 20.6 Å². The molecule has 30 heavy (non-hydrogen) atoms. The normalized spacial score (nSPS) is 11.2. The largest absolute Gasteiger partial charge is 0.329 e. The van der Waals surface area contributed by atoms with Gasteiger partial charge in [-0.3, -0.25) is 19.1 Å². The Morgan fingerprint density at radius 3 is 2.33 bits per heavy atom. The van der Waals surface area contributed by atoms with Crippen molar-refractivity contribution in [2.45, 2.75) is 33.2 Å². The molecule has 0 fully saturated rings. The summed E-state index contributed by atoms with van der Waals surface area (Å²) in [6.45, 7) is 5.33. The molecule has 0 saturated carbocycles. The molecule has 3 heterocycles. The zero-order valence-electron chi connectivity index (χ0n) is 16.3. The summed E-state index contributed by atoms with van der Waals surface area (Å²) >= 11 is 12.7. The first-order valence-corrected chi connectivity index (χ1v) is 10.9. The van der Waals surface area contributed by atoms with Crippen LogP contribution >= 0.6 is 43.5 Å². The lowest BCUT2D eigenvalue weighted by Crippen LogP contribution is -2.38. The van der Waals surface area contributed by atoms with Crippen LogP contribution in [-0.4, -0.2) is 25.3 Å². The minimum Gasteiger partial charge on any atom is -0.285 e. The SMILES string of the molecule is Cc1cc(Cl)cc(C(=O)c2c(C(C)C)c(=O)[nH]c(=O)n2Cc2cc(Br)nc(Br)c2)n1. The number of nitrogens with zero attached hydrogens (tertiary/aromatic N) is 3. The molecule has 0 bridgehead atoms. The maximum Gasteiger partial charge on any atom is 0.329 e. The highest BCUT2D eigenvalue weighted by atomic mass is 79.9. The van der Waals surface area contributed by atoms with E-state index in [1.54, 1.807) is 39.0 Å². The molecule has 0 spiro atoms. The molecule has 0 atom stereocenters. The summed E-state index contributed by atoms with van der Waals surface area (Å²) < 4.78 is 2.38. The smallest absolute Gasteiger partial charge is 0.285 e. The van der Waals surface area contributed by atoms with E-state index in [-0.39, 0.29) is 29.4 Å². The number of rotatable bonds is 5. The van der Waals surface area contributed by atoms with E-state index < -0.39 is 17.0 Å². The molecule has 0 radical (unpaired) electrons. The van der Waals surface area contributed by atoms with Gasteiger partial charge in [-0.15, -0.1) is 0 Å². The van der Waals surface area contributed by atoms with E-state index in [0.717, 1.165) is 0 Å². The van der Waals surface area contributed by atoms with Gasteiger partial charge in [0.15, 0.2) is 0 Å². The van der Waals surface area contributed by atoms with E-state index in [1.165, 1.54) is 10.6 Å². The molecule has 0 aliphatic carbocycles. The van der Waals surface area contributed by atoms with Crippen LogP contribution in [0.4, 0.5) is 0 Å². The summed E-state index contributed by atoms with van der Waals surface area (Å²) in [4.78, 5) is 49.6. The quantitative estimate of drug-likeness (QED) is 0.375. The third-order valence-corrected chi connectivity index (χ3v) is 5.37. The second-order valence-electron chi connectivity index (χ2n) is 7.02. The highest BCUT2D eigenvalue weighted by Crippen LogP contribution is 2.22. The average Bonchev–Trinajstić information content (AvgIpc) is 2.61. The summed E-state index contributed by atoms with van der Waals surface area (Å²) in [5.74, 6) is -0.851. The predicted octanol–water partition coefficient (Wildman–Crippen LogP) is 4.22. The average molecular weight is 557 g/mol. The van der Waals surface area contributed by atoms with Gasteiger partial charge < -0.3 is 0 Å². The topological polar surface area (TPSA) is 97.7 Å². The molecule has 0 aromatic carbocycles. The number of halogens is 3. The Morgan fingerprint density at radius 1 is 1.13 bits per heavy atom. The maximum atomic E-state index is 13.5. The molecule has 156 valence electrons. The highest BCUT2D eigenvalue weighted by Gasteiger charge is 2.26. The van der Waals surface area contributed by atoms with Gasteiger partial charge in [-0.1, -0.05) is 25.4 Å². The number of hydrogen-bond donors (Lipinski definition) is 1. The van der Waals surface area contributed by atoms with Crippen LogP contribution in [0.2, 0.25) is 5.02 Å². The Balaban J connectivity index is 2.29. The van der Waals surface area contributed by atoms with Crippen LogP contribution in [0.25, 0.3) is 0 Å². The Kier molecular flexibility index (Phi) is 6.74. The first-order chi connectivity index (χ1) is 14.1. The van der Waals surface area contributed by atoms with Gasteiger partial charge in [-0.05, 0) is 74.5 Å². The molecule has 3 aromatic rings. The van der Waals surface area contributed by atoms with E-state index in [1.807, 2.05) is 0 Å². The minimum atomic E-state index is -0.685. The number of aromatic amines is 1. The number of carbonyl (C=O) groups is 1. The molecule has 0 amide bonds. The summed E-state index contributed by atoms with van der Waals surface area (Å²) in [6, 6.07) is 6.51. The Bertz CT molecular complexity index is 1230. The van der Waals surface area contributed by atoms with Crippen LogP contribution < -0.4 is 11.2 Å². The van der Waals surface area contributed by atoms with Gasteiger partial charge in [0, 0.05) is 16.3 Å². The molecule has 0 saturated heterocycles. The molecule has 0 unspecified atom stereocenters. The van der Waals surface area contributed by atoms with Gasteiger partial charge in [-0.2, -0.15) is 0 Å². The van der Waals surface area contributed by atoms with E-state index in [9.17, 15) is 14.4 Å². The molecule has 0 aliphatic rings. The number of hydrogen-bond acceptors (Lipinski definition) is 5. The van der Waals surface area contributed by atoms with Crippen molar-refractivity contribution in [3.8, 4) is 0 Å². The molecular weight excluding hydrogens is 540 g/mol. The van der Waals surface area contributed by atoms with Gasteiger partial charge in [0.05, 0.1) is 6.54 Å². The van der Waals surface area contributed by atoms with Crippen molar-refractivity contribution >= 4 is 49.2 Å². The molecule has 3 aromatic heterocycles. The fourth-order valence-electron chi connectivity index (χ4n) is 3.17. The number of nitrogens with one attached hydrogen (secondary N) is 1. The van der Waals surface area contributed by atoms with Crippen molar-refractivity contribution in [3.63, 3.8) is 0 Å². The van der Waals surface area contributed by atoms with E-state index >= 15 is 0 Å². The van der Waals surface area contributed by atoms with Crippen molar-refractivity contribution in [3.05, 3.63) is 87.5 Å². The van der Waals surface area contributed by atoms with Gasteiger partial charge in [0.2, 0.25) is 5.78 Å². The number of pyridine rings is 2. The van der Waals surface area contributed by atoms with Gasteiger partial charge >= 0.3 is 5.69 Å². The zero-order chi connectivity index (χ0) is 22.2. The first-order valence-electron chi connectivity index (χ1n) is 8.94. The number of carbonyl (C=O) groups excluding carboxylic acids is 1. The monoisotopic (exact) mass is 554 g/mol. The van der Waals surface area contributed by atoms with Crippen molar-refractivity contribution in [2.75, 3.05) is 0 Å². The first kappa shape index (κ1) is 22.6. The lowest BCUT2D eigenvalue weighted by molar-refractivity contribution is 0.102. The summed E-state index contributed by atoms with van der Waals surface area (Å²) in [5.41, 5.74) is 0.261. The lowest BCUT2D eigenvalue weighted by Gasteiger charge is -2.17. The lowest BCUT2D eigenvalue weighted by atomic mass is 9.98. The fourth-order valence-corrected chi connectivity index (χ4v) is 4.64. The van der Waals surface area contributed by atoms with Gasteiger partial charge in [-0.25, -0.2) is 14.8 Å². The van der Waals surface area contributed by atoms with Crippen LogP contribution in [-0.2, 0) is 6.54 Å². The molecule has 0 aliphatic heterocycles. The van der Waals surface area contributed by atoms with E-state index in [2.05, 4.69) is 46.8 Å². The summed E-state index contributed by atoms with van der Waals surface area (Å²) in [7, 11) is 0. The van der Waals surface area contributed by atoms with Gasteiger partial charge in [0.25, 0.3) is 5.56 Å². The fraction of sp³-hybridized carbons (Fsp3) is 0.250. The number of H-pyrrole nitrogens is 1. The van der Waals surface area contributed by atoms with E-state index in [4.69, 9.17) is 11.6 Å². The standard InChI is InChI=1S/C20H17Br2ClN4O3/c1-9(2)16-17(18(28)13-7-12(23)4-10(3)24-13)27(20(30)26-19(16)29)8-11-5-14(21)25-15(22)6-11/h4-7,9H,8H2,1-3H3,(H,26,29,30). The number of ketones is 1.